The van der Waals surface area contributed by atoms with Gasteiger partial charge in [0.15, 0.2) is 5.96 Å². The molecule has 1 amide bonds. The highest BCUT2D eigenvalue weighted by Crippen LogP contribution is 2.18. The molecule has 3 rings (SSSR count). The van der Waals surface area contributed by atoms with Crippen LogP contribution >= 0.6 is 35.3 Å². The molecule has 1 aromatic heterocycles. The number of guanidine groups is 1. The number of fused-ring (bicyclic) bond motifs is 1. The van der Waals surface area contributed by atoms with Crippen LogP contribution in [0.3, 0.4) is 0 Å². The first-order chi connectivity index (χ1) is 12.4. The maximum atomic E-state index is 12.3. The number of amides is 1. The van der Waals surface area contributed by atoms with Crippen LogP contribution in [0.5, 0.6) is 0 Å². The Labute approximate surface area is 182 Å². The van der Waals surface area contributed by atoms with Gasteiger partial charge in [0.2, 0.25) is 0 Å². The van der Waals surface area contributed by atoms with Crippen molar-refractivity contribution in [3.63, 3.8) is 0 Å². The van der Waals surface area contributed by atoms with Gasteiger partial charge >= 0.3 is 6.09 Å². The number of rotatable bonds is 4. The van der Waals surface area contributed by atoms with Crippen molar-refractivity contribution < 1.29 is 9.53 Å². The van der Waals surface area contributed by atoms with E-state index in [0.717, 1.165) is 44.1 Å². The van der Waals surface area contributed by atoms with Gasteiger partial charge in [0.05, 0.1) is 23.3 Å². The van der Waals surface area contributed by atoms with E-state index in [1.165, 1.54) is 5.01 Å². The third kappa shape index (κ3) is 5.94. The predicted molar refractivity (Wildman–Crippen MR) is 119 cm³/mol. The molecular weight excluding hydrogens is 477 g/mol. The number of piperazine rings is 1. The summed E-state index contributed by atoms with van der Waals surface area (Å²) in [5.74, 6) is 0.949. The summed E-state index contributed by atoms with van der Waals surface area (Å²) in [6.07, 6.45) is 1.67. The van der Waals surface area contributed by atoms with Crippen LogP contribution in [-0.4, -0.2) is 71.2 Å². The second-order valence-electron chi connectivity index (χ2n) is 7.70. The quantitative estimate of drug-likeness (QED) is 0.635. The van der Waals surface area contributed by atoms with E-state index in [2.05, 4.69) is 32.5 Å². The molecule has 9 heteroatoms. The van der Waals surface area contributed by atoms with E-state index in [-0.39, 0.29) is 36.1 Å². The molecule has 27 heavy (non-hydrogen) atoms. The highest BCUT2D eigenvalue weighted by atomic mass is 127. The Morgan fingerprint density at radius 3 is 2.85 bits per heavy atom. The molecule has 1 saturated heterocycles. The lowest BCUT2D eigenvalue weighted by molar-refractivity contribution is 0.0137. The maximum Gasteiger partial charge on any atom is 0.410 e. The van der Waals surface area contributed by atoms with E-state index < -0.39 is 5.60 Å². The topological polar surface area (TPSA) is 70.1 Å². The smallest absolute Gasteiger partial charge is 0.410 e. The Bertz CT molecular complexity index is 673. The minimum Gasteiger partial charge on any atom is -0.444 e. The fraction of sp³-hybridized carbons (Fsp3) is 0.722. The van der Waals surface area contributed by atoms with E-state index in [0.29, 0.717) is 13.1 Å². The summed E-state index contributed by atoms with van der Waals surface area (Å²) in [6.45, 7) is 11.5. The molecule has 0 radical (unpaired) electrons. The number of nitrogens with zero attached hydrogens (tertiary/aromatic N) is 4. The maximum absolute atomic E-state index is 12.3. The number of nitrogens with one attached hydrogen (secondary N) is 1. The van der Waals surface area contributed by atoms with Crippen molar-refractivity contribution >= 4 is 47.4 Å². The van der Waals surface area contributed by atoms with Gasteiger partial charge in [0.1, 0.15) is 5.60 Å². The summed E-state index contributed by atoms with van der Waals surface area (Å²) < 4.78 is 5.49. The fourth-order valence-corrected chi connectivity index (χ4v) is 3.93. The molecule has 0 saturated carbocycles. The van der Waals surface area contributed by atoms with Gasteiger partial charge in [-0.2, -0.15) is 0 Å². The Morgan fingerprint density at radius 1 is 1.41 bits per heavy atom. The van der Waals surface area contributed by atoms with Crippen LogP contribution < -0.4 is 5.32 Å². The zero-order chi connectivity index (χ0) is 18.7. The molecule has 1 fully saturated rings. The molecule has 3 heterocycles. The highest BCUT2D eigenvalue weighted by Gasteiger charge is 2.36. The van der Waals surface area contributed by atoms with Gasteiger partial charge in [-0.3, -0.25) is 4.99 Å². The van der Waals surface area contributed by atoms with E-state index in [1.807, 2.05) is 20.8 Å². The minimum absolute atomic E-state index is 0. The van der Waals surface area contributed by atoms with Gasteiger partial charge in [-0.1, -0.05) is 6.92 Å². The summed E-state index contributed by atoms with van der Waals surface area (Å²) in [7, 11) is 0. The van der Waals surface area contributed by atoms with Gasteiger partial charge in [-0.25, -0.2) is 9.78 Å². The van der Waals surface area contributed by atoms with E-state index >= 15 is 0 Å². The first-order valence-electron chi connectivity index (χ1n) is 9.32. The lowest BCUT2D eigenvalue weighted by Crippen LogP contribution is -2.57. The molecule has 1 atom stereocenters. The number of hydrogen-bond donors (Lipinski definition) is 1. The standard InChI is InChI=1S/C18H29N5O2S.HI/c1-5-15-21-13(12-26-15)6-7-19-16-20-10-14-11-22(8-9-23(14)16)17(24)25-18(2,3)4;/h12,14H,5-11H2,1-4H3,(H,19,20);1H. The molecule has 2 aliphatic heterocycles. The first kappa shape index (κ1) is 22.2. The number of aryl methyl sites for hydroxylation is 1. The molecule has 152 valence electrons. The van der Waals surface area contributed by atoms with E-state index in [9.17, 15) is 4.79 Å². The molecule has 0 spiro atoms. The number of halogens is 1. The van der Waals surface area contributed by atoms with Crippen molar-refractivity contribution in [2.45, 2.75) is 52.2 Å². The molecule has 0 aromatic carbocycles. The van der Waals surface area contributed by atoms with Crippen molar-refractivity contribution in [2.24, 2.45) is 4.99 Å². The molecular formula is C18H30IN5O2S. The Kier molecular flexibility index (Phi) is 7.73. The van der Waals surface area contributed by atoms with Crippen LogP contribution in [-0.2, 0) is 17.6 Å². The Hall–Kier alpha value is -1.10. The van der Waals surface area contributed by atoms with Crippen molar-refractivity contribution in [1.82, 2.24) is 20.1 Å². The number of ether oxygens (including phenoxy) is 1. The zero-order valence-corrected chi connectivity index (χ0v) is 19.7. The molecule has 1 N–H and O–H groups in total. The second kappa shape index (κ2) is 9.40. The number of thiazole rings is 1. The second-order valence-corrected chi connectivity index (χ2v) is 8.64. The average Bonchev–Trinajstić information content (AvgIpc) is 3.20. The van der Waals surface area contributed by atoms with Gasteiger partial charge in [-0.05, 0) is 27.2 Å². The van der Waals surface area contributed by atoms with Crippen LogP contribution in [0, 0.1) is 0 Å². The molecule has 0 bridgehead atoms. The SMILES string of the molecule is CCc1nc(CCNC2=NCC3CN(C(=O)OC(C)(C)C)CCN23)cs1.I. The Morgan fingerprint density at radius 2 is 2.19 bits per heavy atom. The van der Waals surface area contributed by atoms with E-state index in [4.69, 9.17) is 4.74 Å². The number of aliphatic imine (C=N–C) groups is 1. The molecule has 7 nitrogen and oxygen atoms in total. The summed E-state index contributed by atoms with van der Waals surface area (Å²) in [5, 5.41) is 6.77. The molecule has 1 aromatic rings. The number of aromatic nitrogens is 1. The van der Waals surface area contributed by atoms with Crippen molar-refractivity contribution in [1.29, 1.82) is 0 Å². The van der Waals surface area contributed by atoms with Gasteiger partial charge < -0.3 is 19.9 Å². The van der Waals surface area contributed by atoms with Crippen LogP contribution in [0.1, 0.15) is 38.4 Å². The fourth-order valence-electron chi connectivity index (χ4n) is 3.15. The predicted octanol–water partition coefficient (Wildman–Crippen LogP) is 2.75. The highest BCUT2D eigenvalue weighted by molar-refractivity contribution is 14.0. The van der Waals surface area contributed by atoms with E-state index in [1.54, 1.807) is 16.2 Å². The van der Waals surface area contributed by atoms with Crippen LogP contribution in [0.4, 0.5) is 4.79 Å². The normalized spacial score (nSPS) is 19.3. The van der Waals surface area contributed by atoms with Crippen molar-refractivity contribution in [3.8, 4) is 0 Å². The number of carbonyl (C=O) groups is 1. The van der Waals surface area contributed by atoms with Gasteiger partial charge in [0, 0.05) is 38.0 Å². The summed E-state index contributed by atoms with van der Waals surface area (Å²) in [5.41, 5.74) is 0.685. The molecule has 0 aliphatic carbocycles. The van der Waals surface area contributed by atoms with Gasteiger partial charge in [0.25, 0.3) is 0 Å². The summed E-state index contributed by atoms with van der Waals surface area (Å²) in [4.78, 5) is 25.6. The largest absolute Gasteiger partial charge is 0.444 e. The van der Waals surface area contributed by atoms with Crippen LogP contribution in [0.2, 0.25) is 0 Å². The zero-order valence-electron chi connectivity index (χ0n) is 16.5. The van der Waals surface area contributed by atoms with Gasteiger partial charge in [-0.15, -0.1) is 35.3 Å². The van der Waals surface area contributed by atoms with Crippen LogP contribution in [0.25, 0.3) is 0 Å². The lowest BCUT2D eigenvalue weighted by Gasteiger charge is -2.39. The van der Waals surface area contributed by atoms with Crippen molar-refractivity contribution in [3.05, 3.63) is 16.1 Å². The number of carbonyl (C=O) groups excluding carboxylic acids is 1. The monoisotopic (exact) mass is 507 g/mol. The summed E-state index contributed by atoms with van der Waals surface area (Å²) >= 11 is 1.73. The molecule has 2 aliphatic rings. The number of hydrogen-bond acceptors (Lipinski definition) is 7. The minimum atomic E-state index is -0.458. The van der Waals surface area contributed by atoms with Crippen molar-refractivity contribution in [2.75, 3.05) is 32.7 Å². The first-order valence-corrected chi connectivity index (χ1v) is 10.2. The average molecular weight is 507 g/mol. The lowest BCUT2D eigenvalue weighted by atomic mass is 10.2. The third-order valence-electron chi connectivity index (χ3n) is 4.42. The molecule has 1 unspecified atom stereocenters. The summed E-state index contributed by atoms with van der Waals surface area (Å²) in [6, 6.07) is 0.240. The van der Waals surface area contributed by atoms with Crippen LogP contribution in [0.15, 0.2) is 10.4 Å². The third-order valence-corrected chi connectivity index (χ3v) is 5.47. The Balaban J connectivity index is 0.00000261.